The molecule has 3 heteroatoms. The summed E-state index contributed by atoms with van der Waals surface area (Å²) in [6.07, 6.45) is -0.00226. The summed E-state index contributed by atoms with van der Waals surface area (Å²) in [5, 5.41) is 0. The summed E-state index contributed by atoms with van der Waals surface area (Å²) in [6, 6.07) is 8.27. The second kappa shape index (κ2) is 4.50. The molecule has 88 valence electrons. The van der Waals surface area contributed by atoms with Gasteiger partial charge in [0.05, 0.1) is 0 Å². The standard InChI is InChI=1S/C13H17F2N/c1-11-2-4-12(5-3-11)10-16-8-6-13(14,15)7-9-16/h2-5H,6-10H2,1H3. The Morgan fingerprint density at radius 2 is 1.69 bits per heavy atom. The predicted molar refractivity (Wildman–Crippen MR) is 60.6 cm³/mol. The second-order valence-electron chi connectivity index (χ2n) is 4.62. The van der Waals surface area contributed by atoms with E-state index in [1.54, 1.807) is 0 Å². The van der Waals surface area contributed by atoms with Gasteiger partial charge >= 0.3 is 0 Å². The highest BCUT2D eigenvalue weighted by molar-refractivity contribution is 5.21. The van der Waals surface area contributed by atoms with Gasteiger partial charge in [0.1, 0.15) is 0 Å². The van der Waals surface area contributed by atoms with Gasteiger partial charge in [-0.15, -0.1) is 0 Å². The molecule has 0 amide bonds. The van der Waals surface area contributed by atoms with Crippen LogP contribution in [0.2, 0.25) is 0 Å². The smallest absolute Gasteiger partial charge is 0.250 e. The third kappa shape index (κ3) is 3.01. The van der Waals surface area contributed by atoms with Crippen molar-refractivity contribution in [2.24, 2.45) is 0 Å². The molecule has 0 saturated carbocycles. The summed E-state index contributed by atoms with van der Waals surface area (Å²) in [5.74, 6) is -2.44. The Kier molecular flexibility index (Phi) is 3.24. The van der Waals surface area contributed by atoms with Crippen LogP contribution in [0.25, 0.3) is 0 Å². The maximum atomic E-state index is 12.9. The fourth-order valence-electron chi connectivity index (χ4n) is 1.99. The molecule has 0 radical (unpaired) electrons. The molecule has 0 atom stereocenters. The molecule has 0 spiro atoms. The number of piperidine rings is 1. The van der Waals surface area contributed by atoms with Crippen LogP contribution in [0.3, 0.4) is 0 Å². The molecule has 16 heavy (non-hydrogen) atoms. The quantitative estimate of drug-likeness (QED) is 0.747. The van der Waals surface area contributed by atoms with Crippen molar-refractivity contribution < 1.29 is 8.78 Å². The number of benzene rings is 1. The van der Waals surface area contributed by atoms with Crippen molar-refractivity contribution in [3.8, 4) is 0 Å². The van der Waals surface area contributed by atoms with Gasteiger partial charge < -0.3 is 0 Å². The molecular formula is C13H17F2N. The highest BCUT2D eigenvalue weighted by Gasteiger charge is 2.33. The Morgan fingerprint density at radius 1 is 1.12 bits per heavy atom. The fraction of sp³-hybridized carbons (Fsp3) is 0.538. The Morgan fingerprint density at radius 3 is 2.25 bits per heavy atom. The van der Waals surface area contributed by atoms with Gasteiger partial charge in [-0.05, 0) is 12.5 Å². The Bertz CT molecular complexity index is 335. The van der Waals surface area contributed by atoms with E-state index >= 15 is 0 Å². The summed E-state index contributed by atoms with van der Waals surface area (Å²) in [5.41, 5.74) is 2.43. The van der Waals surface area contributed by atoms with E-state index in [1.165, 1.54) is 11.1 Å². The third-order valence-corrected chi connectivity index (χ3v) is 3.11. The molecule has 0 N–H and O–H groups in total. The van der Waals surface area contributed by atoms with Crippen molar-refractivity contribution in [1.82, 2.24) is 4.90 Å². The van der Waals surface area contributed by atoms with Gasteiger partial charge in [-0.3, -0.25) is 4.90 Å². The van der Waals surface area contributed by atoms with E-state index in [4.69, 9.17) is 0 Å². The first-order valence-electron chi connectivity index (χ1n) is 5.71. The molecule has 1 fully saturated rings. The van der Waals surface area contributed by atoms with Gasteiger partial charge in [0.15, 0.2) is 0 Å². The summed E-state index contributed by atoms with van der Waals surface area (Å²) in [6.45, 7) is 3.84. The Hall–Kier alpha value is -0.960. The lowest BCUT2D eigenvalue weighted by atomic mass is 10.1. The van der Waals surface area contributed by atoms with E-state index in [2.05, 4.69) is 29.2 Å². The summed E-state index contributed by atoms with van der Waals surface area (Å²) >= 11 is 0. The largest absolute Gasteiger partial charge is 0.299 e. The average molecular weight is 225 g/mol. The minimum Gasteiger partial charge on any atom is -0.299 e. The van der Waals surface area contributed by atoms with Crippen LogP contribution in [-0.4, -0.2) is 23.9 Å². The lowest BCUT2D eigenvalue weighted by Crippen LogP contribution is -2.38. The van der Waals surface area contributed by atoms with Crippen LogP contribution >= 0.6 is 0 Å². The molecule has 1 aromatic carbocycles. The molecule has 1 aromatic rings. The molecule has 1 nitrogen and oxygen atoms in total. The van der Waals surface area contributed by atoms with E-state index < -0.39 is 5.92 Å². The van der Waals surface area contributed by atoms with E-state index in [0.29, 0.717) is 13.1 Å². The van der Waals surface area contributed by atoms with Crippen molar-refractivity contribution in [2.75, 3.05) is 13.1 Å². The van der Waals surface area contributed by atoms with Gasteiger partial charge in [-0.25, -0.2) is 8.78 Å². The molecule has 0 bridgehead atoms. The van der Waals surface area contributed by atoms with Crippen molar-refractivity contribution in [2.45, 2.75) is 32.2 Å². The first kappa shape index (κ1) is 11.5. The average Bonchev–Trinajstić information content (AvgIpc) is 2.24. The summed E-state index contributed by atoms with van der Waals surface area (Å²) in [4.78, 5) is 2.10. The minimum absolute atomic E-state index is 0.00113. The van der Waals surface area contributed by atoms with Crippen molar-refractivity contribution in [3.05, 3.63) is 35.4 Å². The van der Waals surface area contributed by atoms with Crippen LogP contribution in [0.5, 0.6) is 0 Å². The van der Waals surface area contributed by atoms with Gasteiger partial charge in [-0.2, -0.15) is 0 Å². The van der Waals surface area contributed by atoms with Crippen LogP contribution < -0.4 is 0 Å². The van der Waals surface area contributed by atoms with Crippen molar-refractivity contribution >= 4 is 0 Å². The zero-order chi connectivity index (χ0) is 11.6. The molecule has 0 aromatic heterocycles. The van der Waals surface area contributed by atoms with E-state index in [0.717, 1.165) is 6.54 Å². The highest BCUT2D eigenvalue weighted by Crippen LogP contribution is 2.28. The van der Waals surface area contributed by atoms with Crippen LogP contribution in [0.4, 0.5) is 8.78 Å². The molecule has 1 aliphatic rings. The maximum Gasteiger partial charge on any atom is 0.250 e. The highest BCUT2D eigenvalue weighted by atomic mass is 19.3. The Balaban J connectivity index is 1.89. The number of hydrogen-bond donors (Lipinski definition) is 0. The molecule has 2 rings (SSSR count). The monoisotopic (exact) mass is 225 g/mol. The minimum atomic E-state index is -2.44. The van der Waals surface area contributed by atoms with Gasteiger partial charge in [0.25, 0.3) is 5.92 Å². The summed E-state index contributed by atoms with van der Waals surface area (Å²) < 4.78 is 25.9. The van der Waals surface area contributed by atoms with Crippen molar-refractivity contribution in [1.29, 1.82) is 0 Å². The van der Waals surface area contributed by atoms with Crippen LogP contribution in [-0.2, 0) is 6.54 Å². The summed E-state index contributed by atoms with van der Waals surface area (Å²) in [7, 11) is 0. The molecule has 1 aliphatic heterocycles. The van der Waals surface area contributed by atoms with Crippen LogP contribution in [0.15, 0.2) is 24.3 Å². The van der Waals surface area contributed by atoms with E-state index in [9.17, 15) is 8.78 Å². The predicted octanol–water partition coefficient (Wildman–Crippen LogP) is 3.23. The number of halogens is 2. The normalized spacial score (nSPS) is 20.9. The first-order valence-corrected chi connectivity index (χ1v) is 5.71. The zero-order valence-electron chi connectivity index (χ0n) is 9.55. The number of rotatable bonds is 2. The molecule has 1 saturated heterocycles. The number of nitrogens with zero attached hydrogens (tertiary/aromatic N) is 1. The van der Waals surface area contributed by atoms with Crippen molar-refractivity contribution in [3.63, 3.8) is 0 Å². The van der Waals surface area contributed by atoms with E-state index in [1.807, 2.05) is 6.92 Å². The number of likely N-dealkylation sites (tertiary alicyclic amines) is 1. The molecule has 0 unspecified atom stereocenters. The fourth-order valence-corrected chi connectivity index (χ4v) is 1.99. The number of alkyl halides is 2. The molecular weight excluding hydrogens is 208 g/mol. The number of aryl methyl sites for hydroxylation is 1. The van der Waals surface area contributed by atoms with Crippen LogP contribution in [0.1, 0.15) is 24.0 Å². The molecule has 1 heterocycles. The van der Waals surface area contributed by atoms with Gasteiger partial charge in [0, 0.05) is 32.5 Å². The Labute approximate surface area is 95.1 Å². The first-order chi connectivity index (χ1) is 7.55. The van der Waals surface area contributed by atoms with E-state index in [-0.39, 0.29) is 12.8 Å². The molecule has 0 aliphatic carbocycles. The second-order valence-corrected chi connectivity index (χ2v) is 4.62. The SMILES string of the molecule is Cc1ccc(CN2CCC(F)(F)CC2)cc1. The zero-order valence-corrected chi connectivity index (χ0v) is 9.55. The van der Waals surface area contributed by atoms with Gasteiger partial charge in [0.2, 0.25) is 0 Å². The lowest BCUT2D eigenvalue weighted by Gasteiger charge is -2.31. The van der Waals surface area contributed by atoms with Gasteiger partial charge in [-0.1, -0.05) is 29.8 Å². The maximum absolute atomic E-state index is 12.9. The van der Waals surface area contributed by atoms with Crippen LogP contribution in [0, 0.1) is 6.92 Å². The number of hydrogen-bond acceptors (Lipinski definition) is 1. The third-order valence-electron chi connectivity index (χ3n) is 3.11. The topological polar surface area (TPSA) is 3.24 Å². The lowest BCUT2D eigenvalue weighted by molar-refractivity contribution is -0.0566.